The van der Waals surface area contributed by atoms with E-state index < -0.39 is 0 Å². The molecule has 0 aromatic rings. The lowest BCUT2D eigenvalue weighted by molar-refractivity contribution is 0.381. The monoisotopic (exact) mass is 129 g/mol. The number of hydrogen-bond donors (Lipinski definition) is 0. The minimum Gasteiger partial charge on any atom is -0.0654 e. The van der Waals surface area contributed by atoms with E-state index in [0.717, 1.165) is 6.42 Å². The smallest absolute Gasteiger partial charge is 0.0302 e. The van der Waals surface area contributed by atoms with E-state index in [4.69, 9.17) is 1.37 Å². The maximum Gasteiger partial charge on any atom is 0.0302 e. The molecule has 0 aliphatic rings. The van der Waals surface area contributed by atoms with Crippen molar-refractivity contribution in [3.63, 3.8) is 0 Å². The van der Waals surface area contributed by atoms with Gasteiger partial charge < -0.3 is 0 Å². The molecule has 0 aromatic heterocycles. The lowest BCUT2D eigenvalue weighted by atomic mass is 9.93. The van der Waals surface area contributed by atoms with Crippen LogP contribution in [-0.4, -0.2) is 0 Å². The number of hydrogen-bond acceptors (Lipinski definition) is 0. The SMILES string of the molecule is [2H]C(C)(CCCC)C(C)C. The highest BCUT2D eigenvalue weighted by Crippen LogP contribution is 2.16. The molecule has 0 N–H and O–H groups in total. The van der Waals surface area contributed by atoms with E-state index in [2.05, 4.69) is 20.8 Å². The number of rotatable bonds is 4. The Kier molecular flexibility index (Phi) is 3.82. The number of unbranched alkanes of at least 4 members (excludes halogenated alkanes) is 1. The molecule has 1 atom stereocenters. The van der Waals surface area contributed by atoms with E-state index >= 15 is 0 Å². The van der Waals surface area contributed by atoms with E-state index in [0.29, 0.717) is 5.92 Å². The van der Waals surface area contributed by atoms with Crippen LogP contribution in [-0.2, 0) is 0 Å². The van der Waals surface area contributed by atoms with Crippen LogP contribution in [0.4, 0.5) is 0 Å². The molecule has 0 spiro atoms. The standard InChI is InChI=1S/C9H20/c1-5-6-7-9(4)8(2)3/h8-9H,5-7H2,1-4H3/i9D. The van der Waals surface area contributed by atoms with Crippen molar-refractivity contribution in [1.29, 1.82) is 0 Å². The molecule has 0 aromatic carbocycles. The van der Waals surface area contributed by atoms with Gasteiger partial charge in [-0.1, -0.05) is 47.0 Å². The highest BCUT2D eigenvalue weighted by molar-refractivity contribution is 4.55. The third kappa shape index (κ3) is 4.50. The van der Waals surface area contributed by atoms with Gasteiger partial charge in [-0.25, -0.2) is 0 Å². The molecule has 0 heteroatoms. The molecular formula is C9H20. The molecule has 0 saturated heterocycles. The molecule has 0 amide bonds. The summed E-state index contributed by atoms with van der Waals surface area (Å²) in [6.07, 6.45) is 3.44. The van der Waals surface area contributed by atoms with Gasteiger partial charge in [0.05, 0.1) is 0 Å². The summed E-state index contributed by atoms with van der Waals surface area (Å²) in [5.41, 5.74) is 0. The Hall–Kier alpha value is 0. The van der Waals surface area contributed by atoms with Gasteiger partial charge in [0.2, 0.25) is 0 Å². The van der Waals surface area contributed by atoms with Crippen molar-refractivity contribution in [2.24, 2.45) is 11.8 Å². The van der Waals surface area contributed by atoms with Crippen LogP contribution in [0.25, 0.3) is 0 Å². The highest BCUT2D eigenvalue weighted by Gasteiger charge is 2.04. The summed E-state index contributed by atoms with van der Waals surface area (Å²) in [6, 6.07) is 0. The Morgan fingerprint density at radius 3 is 2.22 bits per heavy atom. The van der Waals surface area contributed by atoms with Gasteiger partial charge >= 0.3 is 0 Å². The molecule has 0 nitrogen and oxygen atoms in total. The third-order valence-electron chi connectivity index (χ3n) is 1.91. The van der Waals surface area contributed by atoms with Crippen molar-refractivity contribution < 1.29 is 1.37 Å². The molecular weight excluding hydrogens is 108 g/mol. The summed E-state index contributed by atoms with van der Waals surface area (Å²) >= 11 is 0. The van der Waals surface area contributed by atoms with Crippen LogP contribution in [0, 0.1) is 11.8 Å². The normalized spacial score (nSPS) is 19.4. The lowest BCUT2D eigenvalue weighted by Crippen LogP contribution is -2.02. The fourth-order valence-corrected chi connectivity index (χ4v) is 0.744. The summed E-state index contributed by atoms with van der Waals surface area (Å²) in [6.45, 7) is 8.47. The molecule has 0 saturated carbocycles. The van der Waals surface area contributed by atoms with E-state index in [-0.39, 0.29) is 5.89 Å². The van der Waals surface area contributed by atoms with Gasteiger partial charge in [-0.05, 0) is 11.8 Å². The summed E-state index contributed by atoms with van der Waals surface area (Å²) in [4.78, 5) is 0. The predicted octanol–water partition coefficient (Wildman–Crippen LogP) is 3.47. The van der Waals surface area contributed by atoms with Crippen LogP contribution in [0.2, 0.25) is 0 Å². The second-order valence-corrected chi connectivity index (χ2v) is 3.10. The molecule has 0 aliphatic carbocycles. The van der Waals surface area contributed by atoms with Gasteiger partial charge in [0.1, 0.15) is 0 Å². The fourth-order valence-electron chi connectivity index (χ4n) is 0.744. The predicted molar refractivity (Wildman–Crippen MR) is 43.5 cm³/mol. The van der Waals surface area contributed by atoms with Crippen molar-refractivity contribution in [3.05, 3.63) is 0 Å². The van der Waals surface area contributed by atoms with Gasteiger partial charge in [0.25, 0.3) is 0 Å². The van der Waals surface area contributed by atoms with Crippen molar-refractivity contribution >= 4 is 0 Å². The first-order chi connectivity index (χ1) is 4.50. The zero-order valence-corrected chi connectivity index (χ0v) is 7.20. The first-order valence-electron chi connectivity index (χ1n) is 4.50. The maximum atomic E-state index is 7.88. The quantitative estimate of drug-likeness (QED) is 0.545. The van der Waals surface area contributed by atoms with Crippen LogP contribution < -0.4 is 0 Å². The Morgan fingerprint density at radius 1 is 1.33 bits per heavy atom. The second kappa shape index (κ2) is 4.84. The Bertz CT molecular complexity index is 84.7. The molecule has 0 bridgehead atoms. The van der Waals surface area contributed by atoms with Crippen LogP contribution in [0.1, 0.15) is 48.3 Å². The van der Waals surface area contributed by atoms with Gasteiger partial charge in [-0.15, -0.1) is 0 Å². The third-order valence-corrected chi connectivity index (χ3v) is 1.91. The van der Waals surface area contributed by atoms with Gasteiger partial charge in [0.15, 0.2) is 0 Å². The summed E-state index contributed by atoms with van der Waals surface area (Å²) in [5.74, 6) is 0.287. The summed E-state index contributed by atoms with van der Waals surface area (Å²) < 4.78 is 7.88. The average molecular weight is 129 g/mol. The summed E-state index contributed by atoms with van der Waals surface area (Å²) in [5, 5.41) is 0. The van der Waals surface area contributed by atoms with Crippen molar-refractivity contribution in [2.75, 3.05) is 0 Å². The van der Waals surface area contributed by atoms with E-state index in [9.17, 15) is 0 Å². The van der Waals surface area contributed by atoms with Gasteiger partial charge in [0, 0.05) is 1.37 Å². The first-order valence-corrected chi connectivity index (χ1v) is 4.00. The topological polar surface area (TPSA) is 0 Å². The summed E-state index contributed by atoms with van der Waals surface area (Å²) in [7, 11) is 0. The van der Waals surface area contributed by atoms with E-state index in [1.807, 2.05) is 6.92 Å². The maximum absolute atomic E-state index is 7.88. The second-order valence-electron chi connectivity index (χ2n) is 3.10. The Balaban J connectivity index is 3.63. The molecule has 0 heterocycles. The van der Waals surface area contributed by atoms with Crippen molar-refractivity contribution in [1.82, 2.24) is 0 Å². The van der Waals surface area contributed by atoms with Crippen LogP contribution >= 0.6 is 0 Å². The Morgan fingerprint density at radius 2 is 1.89 bits per heavy atom. The zero-order valence-electron chi connectivity index (χ0n) is 8.20. The molecule has 1 unspecified atom stereocenters. The van der Waals surface area contributed by atoms with E-state index in [1.54, 1.807) is 0 Å². The lowest BCUT2D eigenvalue weighted by Gasteiger charge is -2.13. The van der Waals surface area contributed by atoms with Crippen LogP contribution in [0.3, 0.4) is 0 Å². The zero-order chi connectivity index (χ0) is 8.20. The highest BCUT2D eigenvalue weighted by atomic mass is 14.1. The van der Waals surface area contributed by atoms with Crippen molar-refractivity contribution in [2.45, 2.75) is 47.0 Å². The average Bonchev–Trinajstić information content (AvgIpc) is 1.84. The van der Waals surface area contributed by atoms with Gasteiger partial charge in [-0.2, -0.15) is 0 Å². The molecule has 0 aliphatic heterocycles. The van der Waals surface area contributed by atoms with E-state index in [1.165, 1.54) is 12.8 Å². The molecule has 0 fully saturated rings. The van der Waals surface area contributed by atoms with Crippen LogP contribution in [0.15, 0.2) is 0 Å². The minimum absolute atomic E-state index is 0.198. The molecule has 0 radical (unpaired) electrons. The van der Waals surface area contributed by atoms with Crippen LogP contribution in [0.5, 0.6) is 0 Å². The molecule has 0 rings (SSSR count). The largest absolute Gasteiger partial charge is 0.0654 e. The molecule has 9 heavy (non-hydrogen) atoms. The first kappa shape index (κ1) is 7.11. The molecule has 56 valence electrons. The fraction of sp³-hybridized carbons (Fsp3) is 1.00. The Labute approximate surface area is 61.1 Å². The van der Waals surface area contributed by atoms with Gasteiger partial charge in [-0.3, -0.25) is 0 Å². The van der Waals surface area contributed by atoms with Crippen molar-refractivity contribution in [3.8, 4) is 0 Å². The minimum atomic E-state index is -0.198.